The van der Waals surface area contributed by atoms with Gasteiger partial charge in [-0.1, -0.05) is 0 Å². The van der Waals surface area contributed by atoms with Crippen LogP contribution in [-0.4, -0.2) is 44.1 Å². The lowest BCUT2D eigenvalue weighted by Crippen LogP contribution is -2.38. The van der Waals surface area contributed by atoms with Crippen LogP contribution in [0, 0.1) is 13.8 Å². The number of carbonyl (C=O) groups is 1. The van der Waals surface area contributed by atoms with Crippen molar-refractivity contribution in [2.24, 2.45) is 0 Å². The van der Waals surface area contributed by atoms with E-state index in [9.17, 15) is 4.79 Å². The zero-order valence-electron chi connectivity index (χ0n) is 12.3. The second-order valence-corrected chi connectivity index (χ2v) is 6.73. The van der Waals surface area contributed by atoms with Gasteiger partial charge < -0.3 is 4.90 Å². The van der Waals surface area contributed by atoms with Crippen LogP contribution in [0.3, 0.4) is 0 Å². The molecule has 0 radical (unpaired) electrons. The first kappa shape index (κ1) is 14.2. The molecule has 3 rings (SSSR count). The average molecular weight is 305 g/mol. The SMILES string of the molecule is Cc1nc(C)c(CC(=O)N2CCC(c3ncn[nH]3)CC2)s1. The molecule has 1 aliphatic heterocycles. The van der Waals surface area contributed by atoms with Crippen molar-refractivity contribution in [2.75, 3.05) is 13.1 Å². The molecular formula is C14H19N5OS. The maximum Gasteiger partial charge on any atom is 0.227 e. The lowest BCUT2D eigenvalue weighted by Gasteiger charge is -2.31. The van der Waals surface area contributed by atoms with Crippen LogP contribution in [0.4, 0.5) is 0 Å². The molecule has 0 aliphatic carbocycles. The largest absolute Gasteiger partial charge is 0.342 e. The van der Waals surface area contributed by atoms with Gasteiger partial charge in [-0.05, 0) is 26.7 Å². The van der Waals surface area contributed by atoms with Crippen LogP contribution >= 0.6 is 11.3 Å². The van der Waals surface area contributed by atoms with Crippen LogP contribution < -0.4 is 0 Å². The van der Waals surface area contributed by atoms with Gasteiger partial charge in [0.05, 0.1) is 17.1 Å². The van der Waals surface area contributed by atoms with Crippen molar-refractivity contribution in [3.63, 3.8) is 0 Å². The topological polar surface area (TPSA) is 74.8 Å². The second-order valence-electron chi connectivity index (χ2n) is 5.44. The molecule has 1 saturated heterocycles. The Bertz CT molecular complexity index is 613. The summed E-state index contributed by atoms with van der Waals surface area (Å²) in [6.45, 7) is 5.54. The molecule has 1 aliphatic rings. The highest BCUT2D eigenvalue weighted by Crippen LogP contribution is 2.26. The molecule has 1 fully saturated rings. The van der Waals surface area contributed by atoms with Crippen molar-refractivity contribution in [1.82, 2.24) is 25.1 Å². The molecule has 2 aromatic rings. The fraction of sp³-hybridized carbons (Fsp3) is 0.571. The third-order valence-electron chi connectivity index (χ3n) is 3.98. The van der Waals surface area contributed by atoms with Gasteiger partial charge in [0.25, 0.3) is 0 Å². The zero-order chi connectivity index (χ0) is 14.8. The number of carbonyl (C=O) groups excluding carboxylic acids is 1. The molecule has 112 valence electrons. The second kappa shape index (κ2) is 5.93. The van der Waals surface area contributed by atoms with Crippen molar-refractivity contribution in [3.05, 3.63) is 27.7 Å². The summed E-state index contributed by atoms with van der Waals surface area (Å²) >= 11 is 1.62. The molecule has 2 aromatic heterocycles. The van der Waals surface area contributed by atoms with E-state index in [-0.39, 0.29) is 5.91 Å². The molecular weight excluding hydrogens is 286 g/mol. The Labute approximate surface area is 127 Å². The molecule has 3 heterocycles. The summed E-state index contributed by atoms with van der Waals surface area (Å²) in [6.07, 6.45) is 3.91. The van der Waals surface area contributed by atoms with Crippen LogP contribution in [0.15, 0.2) is 6.33 Å². The molecule has 7 heteroatoms. The summed E-state index contributed by atoms with van der Waals surface area (Å²) in [5.74, 6) is 1.54. The van der Waals surface area contributed by atoms with E-state index in [1.807, 2.05) is 18.7 Å². The predicted octanol–water partition coefficient (Wildman–Crippen LogP) is 1.83. The Morgan fingerprint density at radius 2 is 2.19 bits per heavy atom. The van der Waals surface area contributed by atoms with E-state index in [0.717, 1.165) is 47.3 Å². The molecule has 0 bridgehead atoms. The standard InChI is InChI=1S/C14H19N5OS/c1-9-12(21-10(2)17-9)7-13(20)19-5-3-11(4-6-19)14-15-8-16-18-14/h8,11H,3-7H2,1-2H3,(H,15,16,18). The Hall–Kier alpha value is -1.76. The Kier molecular flexibility index (Phi) is 4.01. The molecule has 1 N–H and O–H groups in total. The third kappa shape index (κ3) is 3.12. The third-order valence-corrected chi connectivity index (χ3v) is 5.05. The van der Waals surface area contributed by atoms with Crippen LogP contribution in [-0.2, 0) is 11.2 Å². The number of nitrogens with zero attached hydrogens (tertiary/aromatic N) is 4. The van der Waals surface area contributed by atoms with Crippen LogP contribution in [0.25, 0.3) is 0 Å². The van der Waals surface area contributed by atoms with Crippen LogP contribution in [0.1, 0.15) is 40.2 Å². The van der Waals surface area contributed by atoms with Crippen molar-refractivity contribution in [2.45, 2.75) is 39.0 Å². The number of aryl methyl sites for hydroxylation is 2. The van der Waals surface area contributed by atoms with Gasteiger partial charge in [-0.2, -0.15) is 5.10 Å². The van der Waals surface area contributed by atoms with E-state index < -0.39 is 0 Å². The number of thiazole rings is 1. The fourth-order valence-electron chi connectivity index (χ4n) is 2.80. The lowest BCUT2D eigenvalue weighted by atomic mass is 9.96. The smallest absolute Gasteiger partial charge is 0.227 e. The number of amides is 1. The van der Waals surface area contributed by atoms with E-state index in [4.69, 9.17) is 0 Å². The average Bonchev–Trinajstić information content (AvgIpc) is 3.10. The van der Waals surface area contributed by atoms with Gasteiger partial charge in [0.15, 0.2) is 0 Å². The molecule has 21 heavy (non-hydrogen) atoms. The van der Waals surface area contributed by atoms with E-state index in [0.29, 0.717) is 12.3 Å². The highest BCUT2D eigenvalue weighted by Gasteiger charge is 2.25. The number of piperidine rings is 1. The normalized spacial score (nSPS) is 16.4. The highest BCUT2D eigenvalue weighted by molar-refractivity contribution is 7.11. The molecule has 0 spiro atoms. The first-order valence-electron chi connectivity index (χ1n) is 7.19. The van der Waals surface area contributed by atoms with Crippen molar-refractivity contribution in [1.29, 1.82) is 0 Å². The van der Waals surface area contributed by atoms with Gasteiger partial charge in [0, 0.05) is 23.9 Å². The van der Waals surface area contributed by atoms with Crippen molar-refractivity contribution >= 4 is 17.2 Å². The first-order chi connectivity index (χ1) is 10.1. The maximum atomic E-state index is 12.4. The van der Waals surface area contributed by atoms with Crippen LogP contribution in [0.5, 0.6) is 0 Å². The minimum Gasteiger partial charge on any atom is -0.342 e. The van der Waals surface area contributed by atoms with Gasteiger partial charge >= 0.3 is 0 Å². The number of hydrogen-bond donors (Lipinski definition) is 1. The Morgan fingerprint density at radius 3 is 2.76 bits per heavy atom. The van der Waals surface area contributed by atoms with E-state index >= 15 is 0 Å². The predicted molar refractivity (Wildman–Crippen MR) is 80.2 cm³/mol. The number of rotatable bonds is 3. The molecule has 0 unspecified atom stereocenters. The summed E-state index contributed by atoms with van der Waals surface area (Å²) in [5, 5.41) is 7.85. The van der Waals surface area contributed by atoms with Crippen molar-refractivity contribution in [3.8, 4) is 0 Å². The summed E-state index contributed by atoms with van der Waals surface area (Å²) in [7, 11) is 0. The molecule has 1 amide bonds. The number of aromatic nitrogens is 4. The molecule has 0 atom stereocenters. The van der Waals surface area contributed by atoms with Gasteiger partial charge in [0.2, 0.25) is 5.91 Å². The summed E-state index contributed by atoms with van der Waals surface area (Å²) < 4.78 is 0. The van der Waals surface area contributed by atoms with Gasteiger partial charge in [0.1, 0.15) is 12.2 Å². The quantitative estimate of drug-likeness (QED) is 0.938. The number of aromatic amines is 1. The number of likely N-dealkylation sites (tertiary alicyclic amines) is 1. The number of H-pyrrole nitrogens is 1. The molecule has 6 nitrogen and oxygen atoms in total. The molecule has 0 saturated carbocycles. The number of nitrogens with one attached hydrogen (secondary N) is 1. The monoisotopic (exact) mass is 305 g/mol. The maximum absolute atomic E-state index is 12.4. The van der Waals surface area contributed by atoms with E-state index in [2.05, 4.69) is 20.2 Å². The first-order valence-corrected chi connectivity index (χ1v) is 8.01. The van der Waals surface area contributed by atoms with Gasteiger partial charge in [-0.3, -0.25) is 9.89 Å². The minimum atomic E-state index is 0.206. The van der Waals surface area contributed by atoms with Gasteiger partial charge in [-0.25, -0.2) is 9.97 Å². The summed E-state index contributed by atoms with van der Waals surface area (Å²) in [5.41, 5.74) is 0.988. The van der Waals surface area contributed by atoms with E-state index in [1.165, 1.54) is 0 Å². The Balaban J connectivity index is 1.56. The van der Waals surface area contributed by atoms with Gasteiger partial charge in [-0.15, -0.1) is 11.3 Å². The van der Waals surface area contributed by atoms with Crippen molar-refractivity contribution < 1.29 is 4.79 Å². The lowest BCUT2D eigenvalue weighted by molar-refractivity contribution is -0.131. The molecule has 0 aromatic carbocycles. The van der Waals surface area contributed by atoms with E-state index in [1.54, 1.807) is 17.7 Å². The van der Waals surface area contributed by atoms with Crippen LogP contribution in [0.2, 0.25) is 0 Å². The Morgan fingerprint density at radius 1 is 1.43 bits per heavy atom. The minimum absolute atomic E-state index is 0.206. The highest BCUT2D eigenvalue weighted by atomic mass is 32.1. The summed E-state index contributed by atoms with van der Waals surface area (Å²) in [6, 6.07) is 0. The zero-order valence-corrected chi connectivity index (χ0v) is 13.1. The summed E-state index contributed by atoms with van der Waals surface area (Å²) in [4.78, 5) is 24.0. The fourth-order valence-corrected chi connectivity index (χ4v) is 3.73. The number of hydrogen-bond acceptors (Lipinski definition) is 5.